The van der Waals surface area contributed by atoms with Crippen LogP contribution in [0.1, 0.15) is 78.4 Å². The zero-order valence-corrected chi connectivity index (χ0v) is 28.2. The molecule has 2 bridgehead atoms. The number of likely N-dealkylation sites (tertiary alicyclic amines) is 1. The van der Waals surface area contributed by atoms with E-state index >= 15 is 0 Å². The number of aliphatic hydroxyl groups excluding tert-OH is 1. The second-order valence-electron chi connectivity index (χ2n) is 13.8. The average Bonchev–Trinajstić information content (AvgIpc) is 3.68. The molecule has 46 heavy (non-hydrogen) atoms. The standard InChI is InChI=1S/C36H51N3O7/c1-9-12-18-27(41)37(8)23(4)30(24-16-14-13-15-17-24)45-34(44)28-26-19-20-36(46-26)29(28)32(42)39(25(11-3)22-40)31(36)33(43)38(21-10-2)35(5,6)7/h9-10,13-17,23,25-26,28-31,40H,1-2,11-12,18-22H2,3-8H3/t23-,25+,26-,28+,29+,30+,31-,36+/m1/s1. The Balaban J connectivity index is 1.72. The van der Waals surface area contributed by atoms with Crippen LogP contribution < -0.4 is 0 Å². The van der Waals surface area contributed by atoms with Gasteiger partial charge in [0.2, 0.25) is 17.7 Å². The number of esters is 1. The van der Waals surface area contributed by atoms with Crippen molar-refractivity contribution in [1.29, 1.82) is 0 Å². The molecule has 1 N–H and O–H groups in total. The summed E-state index contributed by atoms with van der Waals surface area (Å²) >= 11 is 0. The predicted molar refractivity (Wildman–Crippen MR) is 174 cm³/mol. The Morgan fingerprint density at radius 2 is 1.87 bits per heavy atom. The number of fused-ring (bicyclic) bond motifs is 1. The number of likely N-dealkylation sites (N-methyl/N-ethyl adjacent to an activating group) is 1. The minimum atomic E-state index is -1.24. The first-order valence-corrected chi connectivity index (χ1v) is 16.4. The Labute approximate surface area is 273 Å². The van der Waals surface area contributed by atoms with Crippen LogP contribution in [0.3, 0.4) is 0 Å². The number of benzene rings is 1. The zero-order valence-electron chi connectivity index (χ0n) is 28.2. The number of allylic oxidation sites excluding steroid dienone is 1. The van der Waals surface area contributed by atoms with Gasteiger partial charge in [-0.25, -0.2) is 0 Å². The van der Waals surface area contributed by atoms with Gasteiger partial charge in [-0.1, -0.05) is 49.4 Å². The highest BCUT2D eigenvalue weighted by molar-refractivity contribution is 5.98. The van der Waals surface area contributed by atoms with Crippen LogP contribution in [0, 0.1) is 11.8 Å². The highest BCUT2D eigenvalue weighted by Crippen LogP contribution is 2.59. The summed E-state index contributed by atoms with van der Waals surface area (Å²) in [5.41, 5.74) is -1.10. The van der Waals surface area contributed by atoms with E-state index in [4.69, 9.17) is 9.47 Å². The molecule has 0 aliphatic carbocycles. The summed E-state index contributed by atoms with van der Waals surface area (Å²) in [7, 11) is 1.69. The Morgan fingerprint density at radius 3 is 2.43 bits per heavy atom. The van der Waals surface area contributed by atoms with E-state index in [-0.39, 0.29) is 37.3 Å². The molecule has 1 spiro atoms. The molecule has 3 saturated heterocycles. The van der Waals surface area contributed by atoms with Gasteiger partial charge in [-0.3, -0.25) is 19.2 Å². The Kier molecular flexibility index (Phi) is 10.8. The van der Waals surface area contributed by atoms with Crippen molar-refractivity contribution in [1.82, 2.24) is 14.7 Å². The lowest BCUT2D eigenvalue weighted by Crippen LogP contribution is -2.61. The fraction of sp³-hybridized carbons (Fsp3) is 0.611. The van der Waals surface area contributed by atoms with Crippen molar-refractivity contribution in [2.75, 3.05) is 20.2 Å². The van der Waals surface area contributed by atoms with Crippen LogP contribution in [0.25, 0.3) is 0 Å². The van der Waals surface area contributed by atoms with Crippen LogP contribution in [0.5, 0.6) is 0 Å². The number of nitrogens with zero attached hydrogens (tertiary/aromatic N) is 3. The number of ether oxygens (including phenoxy) is 2. The molecule has 3 amide bonds. The molecule has 0 unspecified atom stereocenters. The predicted octanol–water partition coefficient (Wildman–Crippen LogP) is 4.04. The normalized spacial score (nSPS) is 27.0. The summed E-state index contributed by atoms with van der Waals surface area (Å²) in [4.78, 5) is 61.0. The van der Waals surface area contributed by atoms with Crippen LogP contribution in [0.2, 0.25) is 0 Å². The van der Waals surface area contributed by atoms with Crippen molar-refractivity contribution in [2.24, 2.45) is 11.8 Å². The van der Waals surface area contributed by atoms with Crippen molar-refractivity contribution in [3.63, 3.8) is 0 Å². The van der Waals surface area contributed by atoms with Gasteiger partial charge >= 0.3 is 5.97 Å². The summed E-state index contributed by atoms with van der Waals surface area (Å²) in [6.07, 6.45) is 4.07. The summed E-state index contributed by atoms with van der Waals surface area (Å²) in [5.74, 6) is -3.26. The second-order valence-corrected chi connectivity index (χ2v) is 13.8. The van der Waals surface area contributed by atoms with E-state index in [2.05, 4.69) is 13.2 Å². The molecule has 3 heterocycles. The van der Waals surface area contributed by atoms with Crippen molar-refractivity contribution < 1.29 is 33.8 Å². The lowest BCUT2D eigenvalue weighted by Gasteiger charge is -2.43. The molecule has 0 aromatic heterocycles. The van der Waals surface area contributed by atoms with E-state index in [1.165, 1.54) is 4.90 Å². The van der Waals surface area contributed by atoms with Crippen molar-refractivity contribution >= 4 is 23.7 Å². The lowest BCUT2D eigenvalue weighted by molar-refractivity contribution is -0.165. The van der Waals surface area contributed by atoms with Gasteiger partial charge in [0.15, 0.2) is 0 Å². The fourth-order valence-corrected chi connectivity index (χ4v) is 7.54. The van der Waals surface area contributed by atoms with Gasteiger partial charge in [0.1, 0.15) is 17.7 Å². The average molecular weight is 638 g/mol. The van der Waals surface area contributed by atoms with E-state index in [0.29, 0.717) is 25.7 Å². The topological polar surface area (TPSA) is 117 Å². The maximum Gasteiger partial charge on any atom is 0.313 e. The van der Waals surface area contributed by atoms with Crippen LogP contribution in [-0.2, 0) is 28.7 Å². The maximum atomic E-state index is 14.5. The molecule has 4 rings (SSSR count). The Morgan fingerprint density at radius 1 is 1.20 bits per heavy atom. The first-order chi connectivity index (χ1) is 21.8. The molecule has 3 aliphatic heterocycles. The molecule has 0 saturated carbocycles. The van der Waals surface area contributed by atoms with Crippen molar-refractivity contribution in [3.05, 3.63) is 61.2 Å². The minimum absolute atomic E-state index is 0.105. The van der Waals surface area contributed by atoms with E-state index in [1.807, 2.05) is 65.0 Å². The summed E-state index contributed by atoms with van der Waals surface area (Å²) in [6, 6.07) is 7.09. The van der Waals surface area contributed by atoms with Gasteiger partial charge in [0.05, 0.1) is 36.6 Å². The minimum Gasteiger partial charge on any atom is -0.455 e. The molecular weight excluding hydrogens is 586 g/mol. The largest absolute Gasteiger partial charge is 0.455 e. The van der Waals surface area contributed by atoms with Crippen molar-refractivity contribution in [2.45, 2.75) is 108 Å². The van der Waals surface area contributed by atoms with Crippen LogP contribution in [-0.4, -0.2) is 99.1 Å². The van der Waals surface area contributed by atoms with Gasteiger partial charge < -0.3 is 29.3 Å². The first-order valence-electron chi connectivity index (χ1n) is 16.4. The third kappa shape index (κ3) is 6.26. The van der Waals surface area contributed by atoms with E-state index < -0.39 is 59.3 Å². The third-order valence-corrected chi connectivity index (χ3v) is 10.1. The second kappa shape index (κ2) is 14.1. The highest BCUT2D eigenvalue weighted by atomic mass is 16.6. The van der Waals surface area contributed by atoms with Gasteiger partial charge in [0, 0.05) is 25.6 Å². The Bertz CT molecular complexity index is 1310. The highest BCUT2D eigenvalue weighted by Gasteiger charge is 2.76. The molecule has 0 radical (unpaired) electrons. The first kappa shape index (κ1) is 35.4. The van der Waals surface area contributed by atoms with Gasteiger partial charge in [0.25, 0.3) is 0 Å². The quantitative estimate of drug-likeness (QED) is 0.242. The summed E-state index contributed by atoms with van der Waals surface area (Å²) < 4.78 is 12.9. The molecule has 3 fully saturated rings. The number of aliphatic hydroxyl groups is 1. The van der Waals surface area contributed by atoms with Gasteiger partial charge in [-0.05, 0) is 58.9 Å². The van der Waals surface area contributed by atoms with Crippen molar-refractivity contribution in [3.8, 4) is 0 Å². The molecule has 252 valence electrons. The van der Waals surface area contributed by atoms with Crippen LogP contribution >= 0.6 is 0 Å². The molecule has 10 heteroatoms. The summed E-state index contributed by atoms with van der Waals surface area (Å²) in [6.45, 7) is 16.9. The number of hydrogen-bond acceptors (Lipinski definition) is 7. The van der Waals surface area contributed by atoms with E-state index in [1.54, 1.807) is 29.0 Å². The van der Waals surface area contributed by atoms with Gasteiger partial charge in [-0.2, -0.15) is 0 Å². The smallest absolute Gasteiger partial charge is 0.313 e. The number of hydrogen-bond donors (Lipinski definition) is 1. The molecule has 8 atom stereocenters. The van der Waals surface area contributed by atoms with Gasteiger partial charge in [-0.15, -0.1) is 13.2 Å². The molecule has 1 aromatic rings. The monoisotopic (exact) mass is 637 g/mol. The molecular formula is C36H51N3O7. The summed E-state index contributed by atoms with van der Waals surface area (Å²) in [5, 5.41) is 10.4. The molecule has 3 aliphatic rings. The number of carbonyl (C=O) groups excluding carboxylic acids is 4. The fourth-order valence-electron chi connectivity index (χ4n) is 7.54. The SMILES string of the molecule is C=CCCC(=O)N(C)[C@H](C)[C@H](OC(=O)[C@@H]1[C@H]2C(=O)N([C@@H](CC)CO)[C@H](C(=O)N(CC=C)C(C)(C)C)[C@]23CC[C@H]1O3)c1ccccc1. The third-order valence-electron chi connectivity index (χ3n) is 10.1. The zero-order chi connectivity index (χ0) is 34.0. The number of rotatable bonds is 14. The van der Waals surface area contributed by atoms with Crippen LogP contribution in [0.4, 0.5) is 0 Å². The number of amides is 3. The molecule has 1 aromatic carbocycles. The Hall–Kier alpha value is -3.50. The van der Waals surface area contributed by atoms with E-state index in [0.717, 1.165) is 5.56 Å². The molecule has 10 nitrogen and oxygen atoms in total. The number of carbonyl (C=O) groups is 4. The van der Waals surface area contributed by atoms with E-state index in [9.17, 15) is 24.3 Å². The lowest BCUT2D eigenvalue weighted by atomic mass is 9.70. The van der Waals surface area contributed by atoms with Crippen LogP contribution in [0.15, 0.2) is 55.6 Å². The maximum absolute atomic E-state index is 14.5.